The maximum Gasteiger partial charge on any atom is 0.228 e. The second-order valence-electron chi connectivity index (χ2n) is 7.51. The van der Waals surface area contributed by atoms with E-state index in [0.717, 1.165) is 31.0 Å². The molecule has 2 aromatic heterocycles. The molecule has 2 N–H and O–H groups in total. The molecule has 8 nitrogen and oxygen atoms in total. The normalized spacial score (nSPS) is 26.2. The molecule has 0 amide bonds. The van der Waals surface area contributed by atoms with Gasteiger partial charge in [-0.2, -0.15) is 4.98 Å². The summed E-state index contributed by atoms with van der Waals surface area (Å²) in [6.07, 6.45) is 4.57. The maximum absolute atomic E-state index is 14.0. The first-order valence-corrected chi connectivity index (χ1v) is 8.76. The summed E-state index contributed by atoms with van der Waals surface area (Å²) >= 11 is 0. The van der Waals surface area contributed by atoms with Crippen molar-refractivity contribution in [2.24, 2.45) is 0 Å². The fourth-order valence-corrected chi connectivity index (χ4v) is 3.90. The van der Waals surface area contributed by atoms with Gasteiger partial charge in [0.25, 0.3) is 0 Å². The van der Waals surface area contributed by atoms with Crippen LogP contribution in [0.25, 0.3) is 11.3 Å². The number of nitrogens with two attached hydrogens (primary N) is 1. The molecule has 26 heavy (non-hydrogen) atoms. The molecular weight excluding hydrogens is 337 g/mol. The Hall–Kier alpha value is -2.55. The Kier molecular flexibility index (Phi) is 3.30. The van der Waals surface area contributed by atoms with E-state index in [-0.39, 0.29) is 12.1 Å². The van der Waals surface area contributed by atoms with Gasteiger partial charge in [0.2, 0.25) is 11.9 Å². The van der Waals surface area contributed by atoms with Gasteiger partial charge >= 0.3 is 0 Å². The van der Waals surface area contributed by atoms with Gasteiger partial charge in [0.05, 0.1) is 37.5 Å². The maximum atomic E-state index is 14.0. The molecule has 0 aromatic carbocycles. The van der Waals surface area contributed by atoms with E-state index in [1.165, 1.54) is 0 Å². The van der Waals surface area contributed by atoms with Crippen molar-refractivity contribution in [3.05, 3.63) is 18.5 Å². The van der Waals surface area contributed by atoms with Crippen LogP contribution in [-0.4, -0.2) is 64.0 Å². The van der Waals surface area contributed by atoms with Crippen molar-refractivity contribution in [3.63, 3.8) is 0 Å². The zero-order valence-corrected chi connectivity index (χ0v) is 14.5. The number of nitrogen functional groups attached to an aromatic ring is 1. The number of anilines is 3. The highest BCUT2D eigenvalue weighted by molar-refractivity contribution is 5.65. The summed E-state index contributed by atoms with van der Waals surface area (Å²) in [4.78, 5) is 21.6. The fraction of sp³-hybridized carbons (Fsp3) is 0.529. The zero-order chi connectivity index (χ0) is 17.9. The van der Waals surface area contributed by atoms with Gasteiger partial charge in [0, 0.05) is 30.6 Å². The van der Waals surface area contributed by atoms with Crippen LogP contribution in [0.1, 0.15) is 13.3 Å². The predicted molar refractivity (Wildman–Crippen MR) is 94.7 cm³/mol. The minimum absolute atomic E-state index is 0.216. The molecule has 9 heteroatoms. The van der Waals surface area contributed by atoms with Crippen LogP contribution in [0.15, 0.2) is 18.5 Å². The average molecular weight is 357 g/mol. The van der Waals surface area contributed by atoms with Crippen LogP contribution in [0.3, 0.4) is 0 Å². The van der Waals surface area contributed by atoms with Crippen LogP contribution in [0.5, 0.6) is 0 Å². The second kappa shape index (κ2) is 5.47. The van der Waals surface area contributed by atoms with Crippen molar-refractivity contribution < 1.29 is 9.13 Å². The molecule has 0 saturated carbocycles. The number of ether oxygens (including phenoxy) is 1. The van der Waals surface area contributed by atoms with Gasteiger partial charge < -0.3 is 20.3 Å². The third kappa shape index (κ3) is 2.63. The lowest BCUT2D eigenvalue weighted by Gasteiger charge is -2.42. The lowest BCUT2D eigenvalue weighted by molar-refractivity contribution is 0.0989. The number of fused-ring (bicyclic) bond motifs is 2. The van der Waals surface area contributed by atoms with E-state index in [4.69, 9.17) is 15.5 Å². The van der Waals surface area contributed by atoms with Crippen LogP contribution in [0, 0.1) is 0 Å². The molecule has 3 saturated heterocycles. The van der Waals surface area contributed by atoms with E-state index in [2.05, 4.69) is 19.9 Å². The van der Waals surface area contributed by atoms with Gasteiger partial charge in [-0.05, 0) is 13.3 Å². The van der Waals surface area contributed by atoms with E-state index in [1.54, 1.807) is 19.3 Å². The molecule has 2 atom stereocenters. The lowest BCUT2D eigenvalue weighted by Crippen LogP contribution is -2.58. The summed E-state index contributed by atoms with van der Waals surface area (Å²) in [5, 5.41) is 0. The van der Waals surface area contributed by atoms with Crippen molar-refractivity contribution in [1.82, 2.24) is 19.9 Å². The van der Waals surface area contributed by atoms with Gasteiger partial charge in [-0.25, -0.2) is 19.3 Å². The van der Waals surface area contributed by atoms with Crippen LogP contribution >= 0.6 is 0 Å². The molecule has 2 bridgehead atoms. The van der Waals surface area contributed by atoms with E-state index in [9.17, 15) is 4.39 Å². The Labute approximate surface area is 150 Å². The van der Waals surface area contributed by atoms with E-state index in [0.29, 0.717) is 30.8 Å². The number of nitrogens with zero attached hydrogens (tertiary/aromatic N) is 6. The summed E-state index contributed by atoms with van der Waals surface area (Å²) in [6.45, 7) is 3.72. The van der Waals surface area contributed by atoms with Crippen LogP contribution in [0.4, 0.5) is 22.1 Å². The molecule has 2 aromatic rings. The fourth-order valence-electron chi connectivity index (χ4n) is 3.90. The third-order valence-corrected chi connectivity index (χ3v) is 5.19. The molecule has 3 aliphatic rings. The lowest BCUT2D eigenvalue weighted by atomic mass is 10.00. The molecular formula is C17H20FN7O. The summed E-state index contributed by atoms with van der Waals surface area (Å²) in [6, 6.07) is 2.27. The van der Waals surface area contributed by atoms with Gasteiger partial charge in [-0.3, -0.25) is 0 Å². The number of hydrogen-bond acceptors (Lipinski definition) is 8. The molecule has 0 radical (unpaired) electrons. The zero-order valence-electron chi connectivity index (χ0n) is 14.5. The Morgan fingerprint density at radius 1 is 1.27 bits per heavy atom. The van der Waals surface area contributed by atoms with Crippen LogP contribution < -0.4 is 15.5 Å². The number of rotatable bonds is 3. The topological polar surface area (TPSA) is 93.3 Å². The summed E-state index contributed by atoms with van der Waals surface area (Å²) in [5.41, 5.74) is 5.86. The van der Waals surface area contributed by atoms with Crippen LogP contribution in [-0.2, 0) is 4.74 Å². The monoisotopic (exact) mass is 357 g/mol. The number of hydrogen-bond donors (Lipinski definition) is 1. The highest BCUT2D eigenvalue weighted by atomic mass is 19.1. The smallest absolute Gasteiger partial charge is 0.228 e. The molecule has 0 unspecified atom stereocenters. The summed E-state index contributed by atoms with van der Waals surface area (Å²) < 4.78 is 19.7. The highest BCUT2D eigenvalue weighted by Gasteiger charge is 2.42. The molecule has 0 aliphatic carbocycles. The summed E-state index contributed by atoms with van der Waals surface area (Å²) in [7, 11) is 0. The molecule has 136 valence electrons. The van der Waals surface area contributed by atoms with Gasteiger partial charge in [-0.1, -0.05) is 0 Å². The molecule has 3 aliphatic heterocycles. The van der Waals surface area contributed by atoms with E-state index >= 15 is 0 Å². The Bertz CT molecular complexity index is 836. The Morgan fingerprint density at radius 3 is 2.65 bits per heavy atom. The largest absolute Gasteiger partial charge is 0.374 e. The number of halogens is 1. The SMILES string of the molecule is CC1(F)CN(c2nc(-c3cnc(N)nc3)cc(N3C[C@@H]4C[C@H]3CO4)n2)C1. The van der Waals surface area contributed by atoms with Crippen molar-refractivity contribution >= 4 is 17.7 Å². The molecule has 5 heterocycles. The second-order valence-corrected chi connectivity index (χ2v) is 7.51. The first-order chi connectivity index (χ1) is 12.5. The number of morpholine rings is 1. The highest BCUT2D eigenvalue weighted by Crippen LogP contribution is 2.35. The standard InChI is InChI=1S/C17H20FN7O/c1-17(18)8-24(9-17)16-22-13(10-4-20-15(19)21-5-10)3-14(23-16)25-6-12-2-11(25)7-26-12/h3-5,11-12H,2,6-9H2,1H3,(H2,19,20,21)/t11-,12-/m0/s1. The van der Waals surface area contributed by atoms with E-state index < -0.39 is 5.67 Å². The third-order valence-electron chi connectivity index (χ3n) is 5.19. The summed E-state index contributed by atoms with van der Waals surface area (Å²) in [5.74, 6) is 1.59. The minimum atomic E-state index is -1.19. The predicted octanol–water partition coefficient (Wildman–Crippen LogP) is 1.04. The van der Waals surface area contributed by atoms with Crippen molar-refractivity contribution in [1.29, 1.82) is 0 Å². The molecule has 5 rings (SSSR count). The first kappa shape index (κ1) is 15.7. The molecule has 0 spiro atoms. The minimum Gasteiger partial charge on any atom is -0.374 e. The Balaban J connectivity index is 1.53. The van der Waals surface area contributed by atoms with Gasteiger partial charge in [-0.15, -0.1) is 0 Å². The Morgan fingerprint density at radius 2 is 2.04 bits per heavy atom. The first-order valence-electron chi connectivity index (χ1n) is 8.76. The van der Waals surface area contributed by atoms with Crippen molar-refractivity contribution in [2.75, 3.05) is 41.8 Å². The van der Waals surface area contributed by atoms with Gasteiger partial charge in [0.15, 0.2) is 0 Å². The van der Waals surface area contributed by atoms with Gasteiger partial charge in [0.1, 0.15) is 11.5 Å². The number of aromatic nitrogens is 4. The molecule has 3 fully saturated rings. The van der Waals surface area contributed by atoms with E-state index in [1.807, 2.05) is 11.0 Å². The van der Waals surface area contributed by atoms with Crippen molar-refractivity contribution in [3.8, 4) is 11.3 Å². The average Bonchev–Trinajstić information content (AvgIpc) is 3.23. The quantitative estimate of drug-likeness (QED) is 0.871. The van der Waals surface area contributed by atoms with Crippen LogP contribution in [0.2, 0.25) is 0 Å². The van der Waals surface area contributed by atoms with Crippen molar-refractivity contribution in [2.45, 2.75) is 31.2 Å². The number of alkyl halides is 1.